The number of rotatable bonds is 0. The zero-order valence-electron chi connectivity index (χ0n) is 8.52. The molecule has 4 heteroatoms. The van der Waals surface area contributed by atoms with Crippen molar-refractivity contribution in [3.63, 3.8) is 0 Å². The van der Waals surface area contributed by atoms with Gasteiger partial charge in [0.05, 0.1) is 0 Å². The Kier molecular flexibility index (Phi) is 37.8. The molecule has 1 fully saturated rings. The van der Waals surface area contributed by atoms with Crippen LogP contribution in [-0.2, 0) is 31.0 Å². The van der Waals surface area contributed by atoms with Gasteiger partial charge in [0.2, 0.25) is 0 Å². The van der Waals surface area contributed by atoms with Crippen molar-refractivity contribution in [3.8, 4) is 0 Å². The minimum atomic E-state index is 0. The molecule has 0 N–H and O–H groups in total. The van der Waals surface area contributed by atoms with Gasteiger partial charge in [-0.3, -0.25) is 0 Å². The molecular formula is C11H11FeO3. The van der Waals surface area contributed by atoms with Crippen LogP contribution in [0.2, 0.25) is 0 Å². The number of hydrogen-bond acceptors (Lipinski definition) is 0. The van der Waals surface area contributed by atoms with Crippen LogP contribution in [0.1, 0.15) is 20.3 Å². The fourth-order valence-electron chi connectivity index (χ4n) is 0.908. The third kappa shape index (κ3) is 20.0. The summed E-state index contributed by atoms with van der Waals surface area (Å²) in [6.45, 7) is 17.8. The second-order valence-corrected chi connectivity index (χ2v) is 2.28. The minimum Gasteiger partial charge on any atom is 0 e. The zero-order chi connectivity index (χ0) is 12.0. The molecule has 3 nitrogen and oxygen atoms in total. The van der Waals surface area contributed by atoms with Gasteiger partial charge in [-0.1, -0.05) is 13.8 Å². The second kappa shape index (κ2) is 23.5. The maximum atomic E-state index is 7.50. The molecule has 0 aliphatic heterocycles. The van der Waals surface area contributed by atoms with Gasteiger partial charge in [0.1, 0.15) is 0 Å². The molecule has 1 rings (SSSR count). The van der Waals surface area contributed by atoms with Crippen LogP contribution in [0, 0.1) is 51.0 Å². The first kappa shape index (κ1) is 24.1. The van der Waals surface area contributed by atoms with Gasteiger partial charge in [-0.05, 0) is 37.5 Å². The maximum absolute atomic E-state index is 7.50. The molecule has 0 atom stereocenters. The summed E-state index contributed by atoms with van der Waals surface area (Å²) in [4.78, 5) is 0. The minimum absolute atomic E-state index is 0. The Balaban J connectivity index is -0.0000000755. The second-order valence-electron chi connectivity index (χ2n) is 2.28. The van der Waals surface area contributed by atoms with Crippen molar-refractivity contribution in [2.45, 2.75) is 20.3 Å². The van der Waals surface area contributed by atoms with Crippen molar-refractivity contribution < 1.29 is 31.0 Å². The van der Waals surface area contributed by atoms with Crippen molar-refractivity contribution in [2.24, 2.45) is 0 Å². The van der Waals surface area contributed by atoms with Crippen LogP contribution in [0.5, 0.6) is 0 Å². The van der Waals surface area contributed by atoms with E-state index in [2.05, 4.69) is 53.1 Å². The van der Waals surface area contributed by atoms with E-state index in [1.165, 1.54) is 11.8 Å². The van der Waals surface area contributed by atoms with Crippen molar-refractivity contribution in [1.82, 2.24) is 0 Å². The molecule has 81 valence electrons. The van der Waals surface area contributed by atoms with E-state index < -0.39 is 0 Å². The largest absolute Gasteiger partial charge is 0 e. The molecule has 15 heavy (non-hydrogen) atoms. The summed E-state index contributed by atoms with van der Waals surface area (Å²) in [5.41, 5.74) is 0. The van der Waals surface area contributed by atoms with Gasteiger partial charge in [-0.15, -0.1) is 0 Å². The molecule has 0 spiro atoms. The Morgan fingerprint density at radius 1 is 0.867 bits per heavy atom. The standard InChI is InChI=1S/C8H11.3CO.Fe/c1-7-4-3-5-8(2)6-7;3*1-2;/h4-6H,3H2,1-2H3;;;;. The van der Waals surface area contributed by atoms with Gasteiger partial charge < -0.3 is 0 Å². The zero-order valence-corrected chi connectivity index (χ0v) is 9.62. The smallest absolute Gasteiger partial charge is 0 e. The van der Waals surface area contributed by atoms with Crippen LogP contribution < -0.4 is 0 Å². The third-order valence-corrected chi connectivity index (χ3v) is 1.33. The summed E-state index contributed by atoms with van der Waals surface area (Å²) >= 11 is 0. The van der Waals surface area contributed by atoms with Crippen LogP contribution >= 0.6 is 0 Å². The monoisotopic (exact) mass is 247 g/mol. The number of hydrogen-bond donors (Lipinski definition) is 0. The van der Waals surface area contributed by atoms with E-state index in [1.807, 2.05) is 0 Å². The quantitative estimate of drug-likeness (QED) is 0.357. The van der Waals surface area contributed by atoms with Crippen molar-refractivity contribution in [2.75, 3.05) is 0 Å². The van der Waals surface area contributed by atoms with Gasteiger partial charge in [-0.25, -0.2) is 0 Å². The van der Waals surface area contributed by atoms with Gasteiger partial charge >= 0.3 is 33.9 Å². The van der Waals surface area contributed by atoms with Crippen LogP contribution in [0.4, 0.5) is 0 Å². The molecule has 0 amide bonds. The average Bonchev–Trinajstić information content (AvgIpc) is 2.26. The normalized spacial score (nSPS) is 14.4. The predicted octanol–water partition coefficient (Wildman–Crippen LogP) is 2.08. The molecule has 1 aliphatic carbocycles. The van der Waals surface area contributed by atoms with Crippen LogP contribution in [0.3, 0.4) is 0 Å². The predicted molar refractivity (Wildman–Crippen MR) is 47.1 cm³/mol. The van der Waals surface area contributed by atoms with Gasteiger partial charge in [0.15, 0.2) is 0 Å². The summed E-state index contributed by atoms with van der Waals surface area (Å²) in [5, 5.41) is 0. The van der Waals surface area contributed by atoms with E-state index in [-0.39, 0.29) is 17.1 Å². The molecular weight excluding hydrogens is 236 g/mol. The van der Waals surface area contributed by atoms with Gasteiger partial charge in [0.25, 0.3) is 0 Å². The molecule has 0 aromatic carbocycles. The SMILES string of the molecule is C[C]1[CH]C[CH][C](C)[CH]1.[C-]#[O+].[C-]#[O+].[C-]#[O+].[Fe]. The van der Waals surface area contributed by atoms with E-state index in [1.54, 1.807) is 0 Å². The molecule has 1 aliphatic rings. The first-order valence-electron chi connectivity index (χ1n) is 3.58. The Bertz CT molecular complexity index is 141. The van der Waals surface area contributed by atoms with Crippen LogP contribution in [-0.4, -0.2) is 0 Å². The van der Waals surface area contributed by atoms with E-state index in [0.29, 0.717) is 0 Å². The Labute approximate surface area is 103 Å². The first-order chi connectivity index (χ1) is 6.79. The first-order valence-corrected chi connectivity index (χ1v) is 3.58. The maximum Gasteiger partial charge on any atom is 0 e. The van der Waals surface area contributed by atoms with Crippen LogP contribution in [0.25, 0.3) is 0 Å². The van der Waals surface area contributed by atoms with E-state index in [9.17, 15) is 0 Å². The van der Waals surface area contributed by atoms with E-state index in [4.69, 9.17) is 14.0 Å². The Morgan fingerprint density at radius 2 is 1.13 bits per heavy atom. The summed E-state index contributed by atoms with van der Waals surface area (Å²) in [6.07, 6.45) is 7.78. The fraction of sp³-hybridized carbons (Fsp3) is 0.273. The summed E-state index contributed by atoms with van der Waals surface area (Å²) in [6, 6.07) is 0. The average molecular weight is 247 g/mol. The van der Waals surface area contributed by atoms with Gasteiger partial charge in [0, 0.05) is 17.1 Å². The van der Waals surface area contributed by atoms with Crippen molar-refractivity contribution in [3.05, 3.63) is 51.0 Å². The third-order valence-electron chi connectivity index (χ3n) is 1.33. The molecule has 0 aromatic heterocycles. The molecule has 0 bridgehead atoms. The van der Waals surface area contributed by atoms with Crippen LogP contribution in [0.15, 0.2) is 0 Å². The van der Waals surface area contributed by atoms with E-state index in [0.717, 1.165) is 6.42 Å². The molecule has 0 saturated heterocycles. The molecule has 0 aromatic rings. The van der Waals surface area contributed by atoms with Gasteiger partial charge in [-0.2, -0.15) is 0 Å². The molecule has 1 saturated carbocycles. The molecule has 0 heterocycles. The summed E-state index contributed by atoms with van der Waals surface area (Å²) in [7, 11) is 0. The summed E-state index contributed by atoms with van der Waals surface area (Å²) < 4.78 is 22.5. The summed E-state index contributed by atoms with van der Waals surface area (Å²) in [5.74, 6) is 2.79. The molecule has 0 unspecified atom stereocenters. The Morgan fingerprint density at radius 3 is 1.27 bits per heavy atom. The fourth-order valence-corrected chi connectivity index (χ4v) is 0.908. The van der Waals surface area contributed by atoms with Crippen molar-refractivity contribution in [1.29, 1.82) is 0 Å². The molecule has 5 radical (unpaired) electrons. The Hall–Kier alpha value is -0.261. The van der Waals surface area contributed by atoms with Crippen molar-refractivity contribution >= 4 is 0 Å². The van der Waals surface area contributed by atoms with E-state index >= 15 is 0 Å². The topological polar surface area (TPSA) is 59.7 Å².